The first-order chi connectivity index (χ1) is 12.2. The van der Waals surface area contributed by atoms with Gasteiger partial charge >= 0.3 is 0 Å². The third-order valence-corrected chi connectivity index (χ3v) is 5.86. The second-order valence-corrected chi connectivity index (χ2v) is 7.87. The second-order valence-electron chi connectivity index (χ2n) is 6.29. The molecule has 0 amide bonds. The van der Waals surface area contributed by atoms with E-state index in [1.807, 2.05) is 31.2 Å². The molecule has 0 bridgehead atoms. The van der Waals surface area contributed by atoms with Crippen LogP contribution in [0.1, 0.15) is 16.9 Å². The highest BCUT2D eigenvalue weighted by molar-refractivity contribution is 7.19. The number of ether oxygens (including phenoxy) is 1. The number of nitrogens with zero attached hydrogens (tertiary/aromatic N) is 1. The minimum Gasteiger partial charge on any atom is -0.491 e. The molecule has 4 nitrogen and oxygen atoms in total. The van der Waals surface area contributed by atoms with Crippen molar-refractivity contribution in [3.63, 3.8) is 0 Å². The lowest BCUT2D eigenvalue weighted by Crippen LogP contribution is -2.46. The van der Waals surface area contributed by atoms with Crippen molar-refractivity contribution in [1.29, 1.82) is 0 Å². The molecule has 1 atom stereocenters. The van der Waals surface area contributed by atoms with Crippen molar-refractivity contribution in [2.24, 2.45) is 0 Å². The Bertz CT molecular complexity index is 921. The number of fused-ring (bicyclic) bond motifs is 1. The summed E-state index contributed by atoms with van der Waals surface area (Å²) in [7, 11) is 0. The number of aryl methyl sites for hydroxylation is 1. The van der Waals surface area contributed by atoms with Crippen LogP contribution in [0.15, 0.2) is 30.5 Å². The van der Waals surface area contributed by atoms with E-state index in [0.29, 0.717) is 17.7 Å². The van der Waals surface area contributed by atoms with Crippen molar-refractivity contribution in [3.05, 3.63) is 45.9 Å². The fourth-order valence-electron chi connectivity index (χ4n) is 3.07. The van der Waals surface area contributed by atoms with Gasteiger partial charge in [0.2, 0.25) is 0 Å². The Kier molecular flexibility index (Phi) is 4.65. The standard InChI is InChI=1S/C19H19ClN2O2S/c1-11-6-12(20)7-16(18(11)24-10-13-2-4-21-13)15-3-5-22-17-8-14(9-23)25-19(15)17/h3,5-8,13,21,23H,2,4,9-10H2,1H3/t13-/m0/s1. The van der Waals surface area contributed by atoms with E-state index in [-0.39, 0.29) is 6.61 Å². The molecule has 0 unspecified atom stereocenters. The van der Waals surface area contributed by atoms with Crippen LogP contribution in [0.4, 0.5) is 0 Å². The molecule has 0 saturated carbocycles. The number of hydrogen-bond donors (Lipinski definition) is 2. The molecule has 4 rings (SSSR count). The molecule has 2 N–H and O–H groups in total. The first-order valence-corrected chi connectivity index (χ1v) is 9.50. The summed E-state index contributed by atoms with van der Waals surface area (Å²) in [5.74, 6) is 0.865. The number of nitrogens with one attached hydrogen (secondary N) is 1. The van der Waals surface area contributed by atoms with Gasteiger partial charge in [0.1, 0.15) is 12.4 Å². The van der Waals surface area contributed by atoms with Gasteiger partial charge in [-0.05, 0) is 49.7 Å². The quantitative estimate of drug-likeness (QED) is 0.704. The molecule has 0 aliphatic carbocycles. The number of aliphatic hydroxyl groups is 1. The van der Waals surface area contributed by atoms with Gasteiger partial charge in [-0.25, -0.2) is 0 Å². The molecule has 1 aliphatic rings. The third kappa shape index (κ3) is 3.25. The van der Waals surface area contributed by atoms with Crippen LogP contribution in [0, 0.1) is 6.92 Å². The third-order valence-electron chi connectivity index (χ3n) is 4.50. The number of aromatic nitrogens is 1. The monoisotopic (exact) mass is 374 g/mol. The van der Waals surface area contributed by atoms with Crippen molar-refractivity contribution in [1.82, 2.24) is 10.3 Å². The van der Waals surface area contributed by atoms with Gasteiger partial charge in [-0.2, -0.15) is 0 Å². The summed E-state index contributed by atoms with van der Waals surface area (Å²) in [5, 5.41) is 13.5. The molecule has 25 heavy (non-hydrogen) atoms. The fraction of sp³-hybridized carbons (Fsp3) is 0.316. The Hall–Kier alpha value is -1.66. The van der Waals surface area contributed by atoms with Gasteiger partial charge in [0.25, 0.3) is 0 Å². The van der Waals surface area contributed by atoms with E-state index in [4.69, 9.17) is 16.3 Å². The van der Waals surface area contributed by atoms with Crippen molar-refractivity contribution < 1.29 is 9.84 Å². The fourth-order valence-corrected chi connectivity index (χ4v) is 4.35. The molecule has 1 aromatic carbocycles. The average Bonchev–Trinajstić information content (AvgIpc) is 2.98. The highest BCUT2D eigenvalue weighted by Crippen LogP contribution is 2.41. The Morgan fingerprint density at radius 2 is 2.20 bits per heavy atom. The number of thiophene rings is 1. The Balaban J connectivity index is 1.82. The van der Waals surface area contributed by atoms with Crippen LogP contribution in [0.2, 0.25) is 5.02 Å². The zero-order valence-electron chi connectivity index (χ0n) is 13.9. The van der Waals surface area contributed by atoms with Crippen molar-refractivity contribution >= 4 is 33.2 Å². The number of halogens is 1. The minimum absolute atomic E-state index is 0.0196. The summed E-state index contributed by atoms with van der Waals surface area (Å²) in [4.78, 5) is 5.32. The van der Waals surface area contributed by atoms with E-state index in [2.05, 4.69) is 10.3 Å². The lowest BCUT2D eigenvalue weighted by atomic mass is 10.0. The lowest BCUT2D eigenvalue weighted by molar-refractivity contribution is 0.217. The molecular formula is C19H19ClN2O2S. The smallest absolute Gasteiger partial charge is 0.130 e. The van der Waals surface area contributed by atoms with E-state index < -0.39 is 0 Å². The van der Waals surface area contributed by atoms with Crippen LogP contribution in [-0.2, 0) is 6.61 Å². The molecule has 1 fully saturated rings. The highest BCUT2D eigenvalue weighted by Gasteiger charge is 2.20. The first-order valence-electron chi connectivity index (χ1n) is 8.30. The van der Waals surface area contributed by atoms with Gasteiger partial charge in [-0.15, -0.1) is 11.3 Å². The lowest BCUT2D eigenvalue weighted by Gasteiger charge is -2.28. The molecule has 1 aliphatic heterocycles. The van der Waals surface area contributed by atoms with Crippen LogP contribution < -0.4 is 10.1 Å². The molecule has 3 heterocycles. The van der Waals surface area contributed by atoms with Crippen molar-refractivity contribution in [2.75, 3.05) is 13.2 Å². The number of pyridine rings is 1. The average molecular weight is 375 g/mol. The first kappa shape index (κ1) is 16.8. The summed E-state index contributed by atoms with van der Waals surface area (Å²) in [6.07, 6.45) is 2.94. The number of aliphatic hydroxyl groups excluding tert-OH is 1. The minimum atomic E-state index is 0.0196. The molecule has 3 aromatic rings. The predicted molar refractivity (Wildman–Crippen MR) is 103 cm³/mol. The van der Waals surface area contributed by atoms with E-state index in [1.165, 1.54) is 0 Å². The Morgan fingerprint density at radius 1 is 1.36 bits per heavy atom. The molecule has 1 saturated heterocycles. The summed E-state index contributed by atoms with van der Waals surface area (Å²) in [5.41, 5.74) is 3.92. The van der Waals surface area contributed by atoms with E-state index in [9.17, 15) is 5.11 Å². The summed E-state index contributed by atoms with van der Waals surface area (Å²) in [6.45, 7) is 3.75. The molecule has 6 heteroatoms. The van der Waals surface area contributed by atoms with Gasteiger partial charge in [0.15, 0.2) is 0 Å². The predicted octanol–water partition coefficient (Wildman–Crippen LogP) is 4.16. The maximum atomic E-state index is 9.45. The number of hydrogen-bond acceptors (Lipinski definition) is 5. The van der Waals surface area contributed by atoms with Gasteiger partial charge < -0.3 is 15.2 Å². The van der Waals surface area contributed by atoms with Gasteiger partial charge in [-0.1, -0.05) is 11.6 Å². The number of rotatable bonds is 5. The van der Waals surface area contributed by atoms with E-state index >= 15 is 0 Å². The Morgan fingerprint density at radius 3 is 2.92 bits per heavy atom. The SMILES string of the molecule is Cc1cc(Cl)cc(-c2ccnc3cc(CO)sc23)c1OC[C@@H]1CCN1. The maximum Gasteiger partial charge on any atom is 0.130 e. The summed E-state index contributed by atoms with van der Waals surface area (Å²) >= 11 is 7.89. The highest BCUT2D eigenvalue weighted by atomic mass is 35.5. The van der Waals surface area contributed by atoms with E-state index in [0.717, 1.165) is 50.5 Å². The molecule has 0 spiro atoms. The zero-order chi connectivity index (χ0) is 17.4. The molecule has 0 radical (unpaired) electrons. The van der Waals surface area contributed by atoms with Crippen LogP contribution in [0.25, 0.3) is 21.3 Å². The maximum absolute atomic E-state index is 9.45. The van der Waals surface area contributed by atoms with Gasteiger partial charge in [0.05, 0.1) is 16.8 Å². The molecular weight excluding hydrogens is 356 g/mol. The van der Waals surface area contributed by atoms with Crippen LogP contribution in [0.5, 0.6) is 5.75 Å². The second kappa shape index (κ2) is 6.92. The zero-order valence-corrected chi connectivity index (χ0v) is 15.5. The number of benzene rings is 1. The van der Waals surface area contributed by atoms with Crippen molar-refractivity contribution in [2.45, 2.75) is 26.0 Å². The Labute approximate surface area is 155 Å². The van der Waals surface area contributed by atoms with E-state index in [1.54, 1.807) is 17.5 Å². The topological polar surface area (TPSA) is 54.4 Å². The van der Waals surface area contributed by atoms with Gasteiger partial charge in [0, 0.05) is 33.3 Å². The normalized spacial score (nSPS) is 16.8. The molecule has 2 aromatic heterocycles. The molecule has 130 valence electrons. The van der Waals surface area contributed by atoms with Crippen LogP contribution in [-0.4, -0.2) is 29.3 Å². The summed E-state index contributed by atoms with van der Waals surface area (Å²) < 4.78 is 7.22. The van der Waals surface area contributed by atoms with Crippen LogP contribution >= 0.6 is 22.9 Å². The largest absolute Gasteiger partial charge is 0.491 e. The van der Waals surface area contributed by atoms with Gasteiger partial charge in [-0.3, -0.25) is 4.98 Å². The van der Waals surface area contributed by atoms with Crippen LogP contribution in [0.3, 0.4) is 0 Å². The van der Waals surface area contributed by atoms with Crippen molar-refractivity contribution in [3.8, 4) is 16.9 Å². The summed E-state index contributed by atoms with van der Waals surface area (Å²) in [6, 6.07) is 8.22.